The minimum Gasteiger partial charge on any atom is -0.495 e. The first-order valence-electron chi connectivity index (χ1n) is 7.39. The molecule has 0 radical (unpaired) electrons. The molecule has 1 aromatic rings. The van der Waals surface area contributed by atoms with Gasteiger partial charge in [-0.25, -0.2) is 13.2 Å². The number of ether oxygens (including phenoxy) is 1. The standard InChI is InChI=1S/C15H19N3O6S/c1-3-14(19)16-11-4-5-13(12(10-11)24-2)25(22,23)18-8-6-17(7-9-18)15(20)21/h3-5,10H,1,6-9H2,2H3,(H,16,19)(H,20,21). The van der Waals surface area contributed by atoms with Gasteiger partial charge in [0.05, 0.1) is 7.11 Å². The summed E-state index contributed by atoms with van der Waals surface area (Å²) in [6, 6.07) is 4.20. The summed E-state index contributed by atoms with van der Waals surface area (Å²) >= 11 is 0. The molecule has 0 aliphatic carbocycles. The summed E-state index contributed by atoms with van der Waals surface area (Å²) < 4.78 is 32.0. The largest absolute Gasteiger partial charge is 0.495 e. The number of nitrogens with one attached hydrogen (secondary N) is 1. The summed E-state index contributed by atoms with van der Waals surface area (Å²) in [6.45, 7) is 3.67. The van der Waals surface area contributed by atoms with Gasteiger partial charge in [-0.3, -0.25) is 4.79 Å². The van der Waals surface area contributed by atoms with E-state index in [4.69, 9.17) is 9.84 Å². The van der Waals surface area contributed by atoms with Gasteiger partial charge >= 0.3 is 6.09 Å². The number of carbonyl (C=O) groups is 2. The molecule has 9 nitrogen and oxygen atoms in total. The Morgan fingerprint density at radius 3 is 2.44 bits per heavy atom. The van der Waals surface area contributed by atoms with Gasteiger partial charge in [-0.1, -0.05) is 6.58 Å². The number of amides is 2. The van der Waals surface area contributed by atoms with Gasteiger partial charge in [0.25, 0.3) is 0 Å². The van der Waals surface area contributed by atoms with E-state index in [1.165, 1.54) is 29.6 Å². The van der Waals surface area contributed by atoms with Crippen LogP contribution in [0.5, 0.6) is 5.75 Å². The fourth-order valence-corrected chi connectivity index (χ4v) is 3.97. The first-order valence-corrected chi connectivity index (χ1v) is 8.83. The third kappa shape index (κ3) is 4.09. The van der Waals surface area contributed by atoms with Crippen LogP contribution < -0.4 is 10.1 Å². The van der Waals surface area contributed by atoms with Crippen LogP contribution in [0.4, 0.5) is 10.5 Å². The highest BCUT2D eigenvalue weighted by molar-refractivity contribution is 7.89. The van der Waals surface area contributed by atoms with E-state index < -0.39 is 22.0 Å². The quantitative estimate of drug-likeness (QED) is 0.742. The van der Waals surface area contributed by atoms with Crippen molar-refractivity contribution in [2.75, 3.05) is 38.6 Å². The molecule has 1 fully saturated rings. The molecule has 1 aliphatic rings. The highest BCUT2D eigenvalue weighted by Gasteiger charge is 2.32. The van der Waals surface area contributed by atoms with Crippen LogP contribution in [0.2, 0.25) is 0 Å². The van der Waals surface area contributed by atoms with Crippen molar-refractivity contribution in [3.63, 3.8) is 0 Å². The van der Waals surface area contributed by atoms with Crippen LogP contribution in [0, 0.1) is 0 Å². The second-order valence-corrected chi connectivity index (χ2v) is 7.14. The molecule has 1 aromatic carbocycles. The number of carbonyl (C=O) groups excluding carboxylic acids is 1. The Hall–Kier alpha value is -2.59. The van der Waals surface area contributed by atoms with Crippen LogP contribution in [0.3, 0.4) is 0 Å². The van der Waals surface area contributed by atoms with Crippen LogP contribution in [-0.4, -0.2) is 68.0 Å². The van der Waals surface area contributed by atoms with E-state index >= 15 is 0 Å². The van der Waals surface area contributed by atoms with Gasteiger partial charge in [-0.15, -0.1) is 0 Å². The molecule has 0 atom stereocenters. The van der Waals surface area contributed by atoms with Gasteiger partial charge in [0.2, 0.25) is 15.9 Å². The lowest BCUT2D eigenvalue weighted by molar-refractivity contribution is -0.111. The Balaban J connectivity index is 2.25. The zero-order chi connectivity index (χ0) is 18.6. The molecular weight excluding hydrogens is 350 g/mol. The normalized spacial score (nSPS) is 15.5. The highest BCUT2D eigenvalue weighted by Crippen LogP contribution is 2.30. The number of benzene rings is 1. The van der Waals surface area contributed by atoms with Crippen molar-refractivity contribution in [2.24, 2.45) is 0 Å². The van der Waals surface area contributed by atoms with Crippen molar-refractivity contribution in [3.8, 4) is 5.75 Å². The minimum atomic E-state index is -3.85. The zero-order valence-corrected chi connectivity index (χ0v) is 14.5. The van der Waals surface area contributed by atoms with Gasteiger partial charge in [-0.05, 0) is 18.2 Å². The number of rotatable bonds is 5. The van der Waals surface area contributed by atoms with Crippen molar-refractivity contribution in [3.05, 3.63) is 30.9 Å². The predicted octanol–water partition coefficient (Wildman–Crippen LogP) is 0.804. The van der Waals surface area contributed by atoms with Crippen LogP contribution in [0.1, 0.15) is 0 Å². The molecular formula is C15H19N3O6S. The Bertz CT molecular complexity index is 784. The summed E-state index contributed by atoms with van der Waals surface area (Å²) in [5.74, 6) is -0.343. The Labute approximate surface area is 145 Å². The van der Waals surface area contributed by atoms with E-state index in [0.29, 0.717) is 5.69 Å². The van der Waals surface area contributed by atoms with Gasteiger partial charge < -0.3 is 20.1 Å². The summed E-state index contributed by atoms with van der Waals surface area (Å²) in [5, 5.41) is 11.5. The maximum absolute atomic E-state index is 12.8. The maximum atomic E-state index is 12.8. The molecule has 0 bridgehead atoms. The molecule has 10 heteroatoms. The van der Waals surface area contributed by atoms with Crippen LogP contribution in [0.15, 0.2) is 35.7 Å². The molecule has 1 aliphatic heterocycles. The van der Waals surface area contributed by atoms with Crippen molar-refractivity contribution in [1.82, 2.24) is 9.21 Å². The zero-order valence-electron chi connectivity index (χ0n) is 13.6. The van der Waals surface area contributed by atoms with E-state index in [0.717, 1.165) is 11.0 Å². The third-order valence-electron chi connectivity index (χ3n) is 3.74. The fourth-order valence-electron chi connectivity index (χ4n) is 2.41. The van der Waals surface area contributed by atoms with E-state index in [1.54, 1.807) is 0 Å². The van der Waals surface area contributed by atoms with Gasteiger partial charge in [0, 0.05) is 37.9 Å². The lowest BCUT2D eigenvalue weighted by atomic mass is 10.3. The number of hydrogen-bond acceptors (Lipinski definition) is 5. The summed E-state index contributed by atoms with van der Waals surface area (Å²) in [7, 11) is -2.52. The summed E-state index contributed by atoms with van der Waals surface area (Å²) in [4.78, 5) is 23.4. The lowest BCUT2D eigenvalue weighted by Crippen LogP contribution is -2.50. The van der Waals surface area contributed by atoms with Gasteiger partial charge in [0.15, 0.2) is 0 Å². The van der Waals surface area contributed by atoms with E-state index in [2.05, 4.69) is 11.9 Å². The third-order valence-corrected chi connectivity index (χ3v) is 5.68. The van der Waals surface area contributed by atoms with Crippen molar-refractivity contribution in [2.45, 2.75) is 4.90 Å². The fraction of sp³-hybridized carbons (Fsp3) is 0.333. The maximum Gasteiger partial charge on any atom is 0.407 e. The van der Waals surface area contributed by atoms with Crippen molar-refractivity contribution < 1.29 is 27.9 Å². The average Bonchev–Trinajstić information content (AvgIpc) is 2.61. The number of nitrogens with zero attached hydrogens (tertiary/aromatic N) is 2. The first kappa shape index (κ1) is 18.7. The monoisotopic (exact) mass is 369 g/mol. The molecule has 0 aromatic heterocycles. The SMILES string of the molecule is C=CC(=O)Nc1ccc(S(=O)(=O)N2CCN(C(=O)O)CC2)c(OC)c1. The number of hydrogen-bond donors (Lipinski definition) is 2. The number of sulfonamides is 1. The molecule has 0 unspecified atom stereocenters. The second-order valence-electron chi connectivity index (χ2n) is 5.23. The molecule has 1 saturated heterocycles. The van der Waals surface area contributed by atoms with Crippen molar-refractivity contribution >= 4 is 27.7 Å². The van der Waals surface area contributed by atoms with Gasteiger partial charge in [0.1, 0.15) is 10.6 Å². The highest BCUT2D eigenvalue weighted by atomic mass is 32.2. The van der Waals surface area contributed by atoms with E-state index in [1.807, 2.05) is 0 Å². The number of anilines is 1. The second kappa shape index (κ2) is 7.53. The van der Waals surface area contributed by atoms with Gasteiger partial charge in [-0.2, -0.15) is 4.31 Å². The summed E-state index contributed by atoms with van der Waals surface area (Å²) in [6.07, 6.45) is 0.0240. The Kier molecular flexibility index (Phi) is 5.65. The molecule has 2 amide bonds. The topological polar surface area (TPSA) is 116 Å². The molecule has 2 N–H and O–H groups in total. The number of methoxy groups -OCH3 is 1. The first-order chi connectivity index (χ1) is 11.8. The molecule has 0 saturated carbocycles. The van der Waals surface area contributed by atoms with Crippen LogP contribution in [0.25, 0.3) is 0 Å². The smallest absolute Gasteiger partial charge is 0.407 e. The van der Waals surface area contributed by atoms with Crippen LogP contribution >= 0.6 is 0 Å². The van der Waals surface area contributed by atoms with Crippen LogP contribution in [-0.2, 0) is 14.8 Å². The molecule has 25 heavy (non-hydrogen) atoms. The number of piperazine rings is 1. The predicted molar refractivity (Wildman–Crippen MR) is 90.2 cm³/mol. The lowest BCUT2D eigenvalue weighted by Gasteiger charge is -2.32. The van der Waals surface area contributed by atoms with Crippen molar-refractivity contribution in [1.29, 1.82) is 0 Å². The van der Waals surface area contributed by atoms with E-state index in [9.17, 15) is 18.0 Å². The Morgan fingerprint density at radius 1 is 1.28 bits per heavy atom. The molecule has 136 valence electrons. The minimum absolute atomic E-state index is 0.0459. The summed E-state index contributed by atoms with van der Waals surface area (Å²) in [5.41, 5.74) is 0.372. The van der Waals surface area contributed by atoms with E-state index in [-0.39, 0.29) is 36.8 Å². The average molecular weight is 369 g/mol. The Morgan fingerprint density at radius 2 is 1.92 bits per heavy atom. The number of carboxylic acid groups (broad SMARTS) is 1. The molecule has 0 spiro atoms. The molecule has 2 rings (SSSR count). The molecule has 1 heterocycles.